The number of sulfonamides is 1. The molecule has 0 atom stereocenters. The summed E-state index contributed by atoms with van der Waals surface area (Å²) in [6.07, 6.45) is 0. The second kappa shape index (κ2) is 5.57. The summed E-state index contributed by atoms with van der Waals surface area (Å²) in [4.78, 5) is -0.734. The molecule has 3 nitrogen and oxygen atoms in total. The van der Waals surface area contributed by atoms with Crippen molar-refractivity contribution in [1.82, 2.24) is 0 Å². The standard InChI is InChI=1S/C13H9ClF3NO2S/c1-7-4-12(9(14)6-10(7)16)18-21(19,20)13-3-2-8(15)5-11(13)17/h2-6,18H,1H3. The van der Waals surface area contributed by atoms with E-state index in [1.165, 1.54) is 13.0 Å². The van der Waals surface area contributed by atoms with Crippen LogP contribution >= 0.6 is 11.6 Å². The summed E-state index contributed by atoms with van der Waals surface area (Å²) in [5.41, 5.74) is 0.0657. The summed E-state index contributed by atoms with van der Waals surface area (Å²) < 4.78 is 65.8. The molecule has 0 aliphatic rings. The van der Waals surface area contributed by atoms with Crippen molar-refractivity contribution in [3.8, 4) is 0 Å². The third-order valence-electron chi connectivity index (χ3n) is 2.68. The molecule has 0 amide bonds. The van der Waals surface area contributed by atoms with Crippen molar-refractivity contribution in [3.63, 3.8) is 0 Å². The van der Waals surface area contributed by atoms with E-state index >= 15 is 0 Å². The fraction of sp³-hybridized carbons (Fsp3) is 0.0769. The number of nitrogens with one attached hydrogen (secondary N) is 1. The molecule has 0 spiro atoms. The second-order valence-corrected chi connectivity index (χ2v) is 6.32. The maximum atomic E-state index is 13.5. The molecule has 0 aliphatic heterocycles. The van der Waals surface area contributed by atoms with E-state index in [0.29, 0.717) is 6.07 Å². The highest BCUT2D eigenvalue weighted by atomic mass is 35.5. The van der Waals surface area contributed by atoms with E-state index in [9.17, 15) is 21.6 Å². The van der Waals surface area contributed by atoms with Crippen LogP contribution in [0.1, 0.15) is 5.56 Å². The van der Waals surface area contributed by atoms with Crippen molar-refractivity contribution < 1.29 is 21.6 Å². The normalized spacial score (nSPS) is 11.5. The molecule has 8 heteroatoms. The molecule has 0 aromatic heterocycles. The lowest BCUT2D eigenvalue weighted by Crippen LogP contribution is -2.15. The fourth-order valence-corrected chi connectivity index (χ4v) is 3.01. The smallest absolute Gasteiger partial charge is 0.264 e. The Morgan fingerprint density at radius 3 is 2.33 bits per heavy atom. The first-order valence-electron chi connectivity index (χ1n) is 5.64. The second-order valence-electron chi connectivity index (χ2n) is 4.26. The Balaban J connectivity index is 2.45. The Morgan fingerprint density at radius 1 is 1.05 bits per heavy atom. The van der Waals surface area contributed by atoms with E-state index in [0.717, 1.165) is 18.2 Å². The molecule has 0 saturated carbocycles. The lowest BCUT2D eigenvalue weighted by molar-refractivity contribution is 0.551. The van der Waals surface area contributed by atoms with Gasteiger partial charge in [0.1, 0.15) is 22.3 Å². The topological polar surface area (TPSA) is 46.2 Å². The Bertz CT molecular complexity index is 809. The van der Waals surface area contributed by atoms with Gasteiger partial charge in [0, 0.05) is 6.07 Å². The van der Waals surface area contributed by atoms with Crippen LogP contribution in [0.4, 0.5) is 18.9 Å². The van der Waals surface area contributed by atoms with Gasteiger partial charge in [0.25, 0.3) is 10.0 Å². The molecular formula is C13H9ClF3NO2S. The van der Waals surface area contributed by atoms with Crippen LogP contribution in [0.2, 0.25) is 5.02 Å². The zero-order valence-electron chi connectivity index (χ0n) is 10.6. The van der Waals surface area contributed by atoms with Crippen molar-refractivity contribution in [2.45, 2.75) is 11.8 Å². The molecule has 2 aromatic rings. The van der Waals surface area contributed by atoms with Gasteiger partial charge in [-0.15, -0.1) is 0 Å². The molecule has 0 heterocycles. The van der Waals surface area contributed by atoms with Crippen molar-refractivity contribution in [1.29, 1.82) is 0 Å². The monoisotopic (exact) mass is 335 g/mol. The Morgan fingerprint density at radius 2 is 1.71 bits per heavy atom. The number of hydrogen-bond donors (Lipinski definition) is 1. The minimum absolute atomic E-state index is 0.0979. The largest absolute Gasteiger partial charge is 0.278 e. The van der Waals surface area contributed by atoms with Crippen LogP contribution in [0.25, 0.3) is 0 Å². The number of anilines is 1. The van der Waals surface area contributed by atoms with Crippen LogP contribution in [0.5, 0.6) is 0 Å². The van der Waals surface area contributed by atoms with E-state index in [1.807, 2.05) is 4.72 Å². The Labute approximate surface area is 124 Å². The fourth-order valence-electron chi connectivity index (χ4n) is 1.63. The van der Waals surface area contributed by atoms with E-state index in [-0.39, 0.29) is 16.3 Å². The molecule has 0 unspecified atom stereocenters. The zero-order chi connectivity index (χ0) is 15.8. The van der Waals surface area contributed by atoms with Gasteiger partial charge in [-0.05, 0) is 36.8 Å². The summed E-state index contributed by atoms with van der Waals surface area (Å²) >= 11 is 5.74. The van der Waals surface area contributed by atoms with Crippen LogP contribution in [0, 0.1) is 24.4 Å². The molecular weight excluding hydrogens is 327 g/mol. The summed E-state index contributed by atoms with van der Waals surface area (Å²) in [6.45, 7) is 1.42. The molecule has 0 fully saturated rings. The first-order valence-corrected chi connectivity index (χ1v) is 7.50. The third kappa shape index (κ3) is 3.30. The maximum absolute atomic E-state index is 13.5. The molecule has 112 valence electrons. The van der Waals surface area contributed by atoms with Crippen LogP contribution in [0.15, 0.2) is 35.2 Å². The van der Waals surface area contributed by atoms with Gasteiger partial charge in [-0.3, -0.25) is 4.72 Å². The first kappa shape index (κ1) is 15.7. The number of aryl methyl sites for hydroxylation is 1. The quantitative estimate of drug-likeness (QED) is 0.925. The van der Waals surface area contributed by atoms with Gasteiger partial charge < -0.3 is 0 Å². The van der Waals surface area contributed by atoms with Crippen LogP contribution in [-0.4, -0.2) is 8.42 Å². The minimum Gasteiger partial charge on any atom is -0.278 e. The van der Waals surface area contributed by atoms with E-state index in [2.05, 4.69) is 0 Å². The molecule has 0 aliphatic carbocycles. The van der Waals surface area contributed by atoms with Crippen LogP contribution < -0.4 is 4.72 Å². The molecule has 21 heavy (non-hydrogen) atoms. The van der Waals surface area contributed by atoms with Gasteiger partial charge in [-0.2, -0.15) is 0 Å². The summed E-state index contributed by atoms with van der Waals surface area (Å²) in [6, 6.07) is 4.17. The van der Waals surface area contributed by atoms with Crippen molar-refractivity contribution in [2.24, 2.45) is 0 Å². The summed E-state index contributed by atoms with van der Waals surface area (Å²) in [7, 11) is -4.31. The molecule has 0 radical (unpaired) electrons. The average molecular weight is 336 g/mol. The lowest BCUT2D eigenvalue weighted by Gasteiger charge is -2.11. The summed E-state index contributed by atoms with van der Waals surface area (Å²) in [5, 5.41) is -0.177. The highest BCUT2D eigenvalue weighted by Crippen LogP contribution is 2.28. The predicted molar refractivity (Wildman–Crippen MR) is 73.3 cm³/mol. The number of benzene rings is 2. The third-order valence-corrected chi connectivity index (χ3v) is 4.39. The van der Waals surface area contributed by atoms with E-state index in [1.54, 1.807) is 0 Å². The Kier molecular flexibility index (Phi) is 4.15. The van der Waals surface area contributed by atoms with Crippen molar-refractivity contribution in [2.75, 3.05) is 4.72 Å². The molecule has 2 aromatic carbocycles. The number of halogens is 4. The zero-order valence-corrected chi connectivity index (χ0v) is 12.2. The lowest BCUT2D eigenvalue weighted by atomic mass is 10.2. The molecule has 1 N–H and O–H groups in total. The SMILES string of the molecule is Cc1cc(NS(=O)(=O)c2ccc(F)cc2F)c(Cl)cc1F. The van der Waals surface area contributed by atoms with Gasteiger partial charge in [-0.1, -0.05) is 11.6 Å². The number of rotatable bonds is 3. The average Bonchev–Trinajstić information content (AvgIpc) is 2.35. The van der Waals surface area contributed by atoms with Crippen LogP contribution in [-0.2, 0) is 10.0 Å². The Hall–Kier alpha value is -1.73. The van der Waals surface area contributed by atoms with Gasteiger partial charge in [0.05, 0.1) is 10.7 Å². The minimum atomic E-state index is -4.31. The van der Waals surface area contributed by atoms with Crippen molar-refractivity contribution >= 4 is 27.3 Å². The molecule has 2 rings (SSSR count). The van der Waals surface area contributed by atoms with Crippen molar-refractivity contribution in [3.05, 3.63) is 58.4 Å². The highest BCUT2D eigenvalue weighted by molar-refractivity contribution is 7.92. The first-order chi connectivity index (χ1) is 9.70. The summed E-state index contributed by atoms with van der Waals surface area (Å²) in [5.74, 6) is -2.74. The molecule has 0 bridgehead atoms. The molecule has 0 saturated heterocycles. The van der Waals surface area contributed by atoms with Gasteiger partial charge in [0.2, 0.25) is 0 Å². The number of hydrogen-bond acceptors (Lipinski definition) is 2. The van der Waals surface area contributed by atoms with Gasteiger partial charge in [-0.25, -0.2) is 21.6 Å². The van der Waals surface area contributed by atoms with Gasteiger partial charge in [0.15, 0.2) is 0 Å². The maximum Gasteiger partial charge on any atom is 0.264 e. The van der Waals surface area contributed by atoms with Gasteiger partial charge >= 0.3 is 0 Å². The highest BCUT2D eigenvalue weighted by Gasteiger charge is 2.21. The van der Waals surface area contributed by atoms with E-state index in [4.69, 9.17) is 11.6 Å². The van der Waals surface area contributed by atoms with Crippen LogP contribution in [0.3, 0.4) is 0 Å². The van der Waals surface area contributed by atoms with E-state index < -0.39 is 32.4 Å². The predicted octanol–water partition coefficient (Wildman–Crippen LogP) is 3.87.